The Morgan fingerprint density at radius 1 is 1.07 bits per heavy atom. The number of aromatic nitrogens is 3. The first kappa shape index (κ1) is 18.7. The van der Waals surface area contributed by atoms with Crippen molar-refractivity contribution < 1.29 is 0 Å². The lowest BCUT2D eigenvalue weighted by molar-refractivity contribution is 0.864. The molecule has 1 N–H and O–H groups in total. The molecule has 2 aromatic carbocycles. The Labute approximate surface area is 179 Å². The highest BCUT2D eigenvalue weighted by molar-refractivity contribution is 7.99. The summed E-state index contributed by atoms with van der Waals surface area (Å²) in [6, 6.07) is 22.5. The lowest BCUT2D eigenvalue weighted by Gasteiger charge is -2.18. The molecule has 1 saturated heterocycles. The van der Waals surface area contributed by atoms with Crippen LogP contribution in [0.4, 0.5) is 11.6 Å². The normalized spacial score (nSPS) is 14.1. The fourth-order valence-corrected chi connectivity index (χ4v) is 4.47. The number of hydrogen-bond donors (Lipinski definition) is 1. The highest BCUT2D eigenvalue weighted by Gasteiger charge is 2.19. The van der Waals surface area contributed by atoms with Gasteiger partial charge in [0.05, 0.1) is 17.8 Å². The van der Waals surface area contributed by atoms with E-state index >= 15 is 0 Å². The van der Waals surface area contributed by atoms with Gasteiger partial charge in [-0.1, -0.05) is 60.2 Å². The van der Waals surface area contributed by atoms with Crippen molar-refractivity contribution in [2.75, 3.05) is 28.5 Å². The Morgan fingerprint density at radius 2 is 1.97 bits per heavy atom. The molecule has 1 fully saturated rings. The van der Waals surface area contributed by atoms with Crippen molar-refractivity contribution >= 4 is 35.3 Å². The fourth-order valence-electron chi connectivity index (χ4n) is 3.51. The van der Waals surface area contributed by atoms with E-state index in [1.54, 1.807) is 0 Å². The number of aryl methyl sites for hydroxylation is 1. The molecule has 1 aliphatic heterocycles. The van der Waals surface area contributed by atoms with Gasteiger partial charge < -0.3 is 4.90 Å². The number of benzene rings is 2. The Balaban J connectivity index is 1.50. The predicted molar refractivity (Wildman–Crippen MR) is 125 cm³/mol. The molecule has 3 heterocycles. The van der Waals surface area contributed by atoms with Gasteiger partial charge in [0.1, 0.15) is 5.82 Å². The molecule has 7 heteroatoms. The quantitative estimate of drug-likeness (QED) is 0.380. The van der Waals surface area contributed by atoms with Crippen molar-refractivity contribution in [2.24, 2.45) is 5.10 Å². The molecule has 0 aliphatic carbocycles. The summed E-state index contributed by atoms with van der Waals surface area (Å²) >= 11 is 1.93. The van der Waals surface area contributed by atoms with E-state index in [-0.39, 0.29) is 0 Å². The molecule has 2 aromatic heterocycles. The zero-order valence-electron chi connectivity index (χ0n) is 16.7. The summed E-state index contributed by atoms with van der Waals surface area (Å²) in [5.41, 5.74) is 8.16. The van der Waals surface area contributed by atoms with Crippen LogP contribution in [-0.4, -0.2) is 39.0 Å². The van der Waals surface area contributed by atoms with Crippen LogP contribution in [0.25, 0.3) is 16.9 Å². The van der Waals surface area contributed by atoms with Crippen molar-refractivity contribution in [3.63, 3.8) is 0 Å². The van der Waals surface area contributed by atoms with Gasteiger partial charge in [0.25, 0.3) is 0 Å². The molecule has 0 spiro atoms. The SMILES string of the molecule is Cc1cccc(C=NNc2cc(N3CCSC3)n3nc(-c4ccccc4)cc3n2)c1. The molecule has 0 saturated carbocycles. The first-order chi connectivity index (χ1) is 14.8. The number of hydrogen-bond acceptors (Lipinski definition) is 6. The molecular formula is C23H22N6S. The standard InChI is InChI=1S/C23H22N6S/c1-17-6-5-7-18(12-17)15-24-26-21-14-23(28-10-11-30-16-28)29-22(25-21)13-20(27-29)19-8-3-2-4-9-19/h2-9,12-15H,10-11,16H2,1H3,(H,25,26). The Kier molecular flexibility index (Phi) is 5.11. The van der Waals surface area contributed by atoms with Gasteiger partial charge in [0.2, 0.25) is 0 Å². The van der Waals surface area contributed by atoms with Crippen LogP contribution in [0.2, 0.25) is 0 Å². The molecule has 150 valence electrons. The van der Waals surface area contributed by atoms with Gasteiger partial charge in [0, 0.05) is 30.0 Å². The molecule has 0 unspecified atom stereocenters. The maximum Gasteiger partial charge on any atom is 0.160 e. The largest absolute Gasteiger partial charge is 0.346 e. The number of nitrogens with zero attached hydrogens (tertiary/aromatic N) is 5. The molecule has 5 rings (SSSR count). The maximum absolute atomic E-state index is 4.84. The predicted octanol–water partition coefficient (Wildman–Crippen LogP) is 4.66. The van der Waals surface area contributed by atoms with E-state index in [4.69, 9.17) is 10.1 Å². The van der Waals surface area contributed by atoms with Crippen LogP contribution in [0.15, 0.2) is 71.8 Å². The molecule has 6 nitrogen and oxygen atoms in total. The van der Waals surface area contributed by atoms with Crippen LogP contribution in [0.1, 0.15) is 11.1 Å². The molecule has 0 amide bonds. The van der Waals surface area contributed by atoms with E-state index in [9.17, 15) is 0 Å². The van der Waals surface area contributed by atoms with Gasteiger partial charge in [-0.05, 0) is 12.5 Å². The second-order valence-corrected chi connectivity index (χ2v) is 8.32. The van der Waals surface area contributed by atoms with Gasteiger partial charge in [-0.2, -0.15) is 14.7 Å². The summed E-state index contributed by atoms with van der Waals surface area (Å²) in [7, 11) is 0. The molecule has 0 radical (unpaired) electrons. The van der Waals surface area contributed by atoms with E-state index in [2.05, 4.69) is 46.6 Å². The van der Waals surface area contributed by atoms with Crippen LogP contribution in [0.3, 0.4) is 0 Å². The van der Waals surface area contributed by atoms with Crippen LogP contribution in [-0.2, 0) is 0 Å². The summed E-state index contributed by atoms with van der Waals surface area (Å²) in [6.45, 7) is 3.07. The fraction of sp³-hybridized carbons (Fsp3) is 0.174. The lowest BCUT2D eigenvalue weighted by atomic mass is 10.2. The lowest BCUT2D eigenvalue weighted by Crippen LogP contribution is -2.21. The minimum Gasteiger partial charge on any atom is -0.346 e. The highest BCUT2D eigenvalue weighted by atomic mass is 32.2. The molecular weight excluding hydrogens is 392 g/mol. The second kappa shape index (κ2) is 8.20. The molecule has 4 aromatic rings. The first-order valence-corrected chi connectivity index (χ1v) is 11.1. The van der Waals surface area contributed by atoms with Crippen molar-refractivity contribution in [1.82, 2.24) is 14.6 Å². The summed E-state index contributed by atoms with van der Waals surface area (Å²) in [6.07, 6.45) is 1.82. The summed E-state index contributed by atoms with van der Waals surface area (Å²) in [5, 5.41) is 9.24. The second-order valence-electron chi connectivity index (χ2n) is 7.25. The first-order valence-electron chi connectivity index (χ1n) is 9.91. The third-order valence-electron chi connectivity index (χ3n) is 4.99. The summed E-state index contributed by atoms with van der Waals surface area (Å²) in [5.74, 6) is 3.80. The van der Waals surface area contributed by atoms with Gasteiger partial charge in [-0.3, -0.25) is 5.43 Å². The van der Waals surface area contributed by atoms with Crippen molar-refractivity contribution in [1.29, 1.82) is 0 Å². The zero-order valence-corrected chi connectivity index (χ0v) is 17.5. The van der Waals surface area contributed by atoms with Gasteiger partial charge in [0.15, 0.2) is 11.5 Å². The van der Waals surface area contributed by atoms with Gasteiger partial charge in [-0.15, -0.1) is 11.8 Å². The minimum absolute atomic E-state index is 0.706. The maximum atomic E-state index is 4.84. The Hall–Kier alpha value is -3.32. The third kappa shape index (κ3) is 3.89. The van der Waals surface area contributed by atoms with Crippen LogP contribution in [0.5, 0.6) is 0 Å². The number of anilines is 2. The van der Waals surface area contributed by atoms with E-state index < -0.39 is 0 Å². The topological polar surface area (TPSA) is 57.8 Å². The number of fused-ring (bicyclic) bond motifs is 1. The summed E-state index contributed by atoms with van der Waals surface area (Å²) < 4.78 is 1.93. The van der Waals surface area contributed by atoms with Crippen LogP contribution in [0, 0.1) is 6.92 Å². The summed E-state index contributed by atoms with van der Waals surface area (Å²) in [4.78, 5) is 7.07. The van der Waals surface area contributed by atoms with Crippen molar-refractivity contribution in [2.45, 2.75) is 6.92 Å². The highest BCUT2D eigenvalue weighted by Crippen LogP contribution is 2.28. The van der Waals surface area contributed by atoms with E-state index in [0.717, 1.165) is 46.5 Å². The molecule has 0 atom stereocenters. The number of thioether (sulfide) groups is 1. The Morgan fingerprint density at radius 3 is 2.77 bits per heavy atom. The van der Waals surface area contributed by atoms with Gasteiger partial charge in [-0.25, -0.2) is 4.98 Å². The van der Waals surface area contributed by atoms with Crippen molar-refractivity contribution in [3.05, 3.63) is 77.9 Å². The smallest absolute Gasteiger partial charge is 0.160 e. The third-order valence-corrected chi connectivity index (χ3v) is 5.95. The van der Waals surface area contributed by atoms with Crippen LogP contribution >= 0.6 is 11.8 Å². The number of hydrazone groups is 1. The van der Waals surface area contributed by atoms with E-state index in [0.29, 0.717) is 5.82 Å². The van der Waals surface area contributed by atoms with E-state index in [1.807, 2.05) is 65.0 Å². The molecule has 1 aliphatic rings. The average molecular weight is 415 g/mol. The number of nitrogens with one attached hydrogen (secondary N) is 1. The molecule has 30 heavy (non-hydrogen) atoms. The minimum atomic E-state index is 0.706. The van der Waals surface area contributed by atoms with Crippen molar-refractivity contribution in [3.8, 4) is 11.3 Å². The molecule has 0 bridgehead atoms. The Bertz CT molecular complexity index is 1200. The van der Waals surface area contributed by atoms with Crippen LogP contribution < -0.4 is 10.3 Å². The van der Waals surface area contributed by atoms with Gasteiger partial charge >= 0.3 is 0 Å². The zero-order chi connectivity index (χ0) is 20.3. The monoisotopic (exact) mass is 414 g/mol. The average Bonchev–Trinajstić information content (AvgIpc) is 3.44. The van der Waals surface area contributed by atoms with E-state index in [1.165, 1.54) is 5.56 Å². The number of rotatable bonds is 5.